The minimum atomic E-state index is -0.647. The van der Waals surface area contributed by atoms with Crippen molar-refractivity contribution in [2.75, 3.05) is 6.54 Å². The predicted molar refractivity (Wildman–Crippen MR) is 112 cm³/mol. The maximum absolute atomic E-state index is 13.1. The number of carbonyl (C=O) groups is 2. The summed E-state index contributed by atoms with van der Waals surface area (Å²) in [5, 5.41) is 6.50. The number of halogens is 2. The Morgan fingerprint density at radius 2 is 2.07 bits per heavy atom. The van der Waals surface area contributed by atoms with E-state index in [0.29, 0.717) is 18.5 Å². The molecule has 1 heterocycles. The molecule has 2 aromatic rings. The quantitative estimate of drug-likeness (QED) is 0.301. The van der Waals surface area contributed by atoms with E-state index >= 15 is 0 Å². The van der Waals surface area contributed by atoms with Gasteiger partial charge in [0.05, 0.1) is 10.4 Å². The number of nitrogens with zero attached hydrogens (tertiary/aromatic N) is 2. The van der Waals surface area contributed by atoms with E-state index in [1.165, 1.54) is 18.2 Å². The Balaban J connectivity index is 1.58. The van der Waals surface area contributed by atoms with Crippen LogP contribution in [-0.2, 0) is 27.5 Å². The van der Waals surface area contributed by atoms with Gasteiger partial charge in [0, 0.05) is 18.5 Å². The first-order valence-electron chi connectivity index (χ1n) is 9.51. The standard InChI is InChI=1S/C22H23ClFN3O3/c1-22(2)13-27(21(22)29)19(10-15-6-4-3-5-7-15)20(28)25-14-26-30-12-16-8-9-17(24)11-18(16)23/h3-9,11,14,19H,10,12-13H2,1-2H3,(H,25,26,28). The summed E-state index contributed by atoms with van der Waals surface area (Å²) >= 11 is 5.93. The number of amides is 2. The van der Waals surface area contributed by atoms with Gasteiger partial charge in [-0.25, -0.2) is 4.39 Å². The number of oxime groups is 1. The lowest BCUT2D eigenvalue weighted by Gasteiger charge is -2.48. The van der Waals surface area contributed by atoms with Crippen LogP contribution < -0.4 is 5.32 Å². The molecule has 0 saturated carbocycles. The Labute approximate surface area is 179 Å². The van der Waals surface area contributed by atoms with Crippen LogP contribution in [0.5, 0.6) is 0 Å². The molecular formula is C22H23ClFN3O3. The zero-order valence-electron chi connectivity index (χ0n) is 16.8. The van der Waals surface area contributed by atoms with E-state index in [-0.39, 0.29) is 23.4 Å². The fraction of sp³-hybridized carbons (Fsp3) is 0.318. The lowest BCUT2D eigenvalue weighted by Crippen LogP contribution is -2.65. The summed E-state index contributed by atoms with van der Waals surface area (Å²) in [6, 6.07) is 12.8. The van der Waals surface area contributed by atoms with Crippen LogP contribution in [0.15, 0.2) is 53.7 Å². The number of benzene rings is 2. The minimum Gasteiger partial charge on any atom is -0.390 e. The highest BCUT2D eigenvalue weighted by atomic mass is 35.5. The van der Waals surface area contributed by atoms with Crippen molar-refractivity contribution in [3.05, 3.63) is 70.5 Å². The molecule has 2 aromatic carbocycles. The molecule has 1 N–H and O–H groups in total. The molecule has 8 heteroatoms. The topological polar surface area (TPSA) is 71.0 Å². The number of hydrogen-bond donors (Lipinski definition) is 1. The average molecular weight is 432 g/mol. The molecule has 0 radical (unpaired) electrons. The van der Waals surface area contributed by atoms with Gasteiger partial charge in [-0.05, 0) is 31.5 Å². The highest BCUT2D eigenvalue weighted by molar-refractivity contribution is 6.31. The molecule has 0 aliphatic carbocycles. The van der Waals surface area contributed by atoms with E-state index < -0.39 is 17.3 Å². The Hall–Kier alpha value is -2.93. The number of likely N-dealkylation sites (tertiary alicyclic amines) is 1. The van der Waals surface area contributed by atoms with Gasteiger partial charge >= 0.3 is 0 Å². The van der Waals surface area contributed by atoms with Crippen LogP contribution in [0.4, 0.5) is 4.39 Å². The van der Waals surface area contributed by atoms with Crippen LogP contribution >= 0.6 is 11.6 Å². The molecule has 2 amide bonds. The van der Waals surface area contributed by atoms with Gasteiger partial charge in [-0.1, -0.05) is 53.2 Å². The Bertz CT molecular complexity index is 950. The van der Waals surface area contributed by atoms with Crippen LogP contribution in [0.1, 0.15) is 25.0 Å². The minimum absolute atomic E-state index is 0.0255. The fourth-order valence-electron chi connectivity index (χ4n) is 3.27. The van der Waals surface area contributed by atoms with Crippen LogP contribution in [0.3, 0.4) is 0 Å². The summed E-state index contributed by atoms with van der Waals surface area (Å²) in [5.41, 5.74) is 1.06. The van der Waals surface area contributed by atoms with Gasteiger partial charge in [0.2, 0.25) is 11.8 Å². The molecule has 1 aliphatic rings. The van der Waals surface area contributed by atoms with Crippen molar-refractivity contribution in [1.82, 2.24) is 10.2 Å². The van der Waals surface area contributed by atoms with Gasteiger partial charge in [-0.15, -0.1) is 0 Å². The third kappa shape index (κ3) is 5.16. The predicted octanol–water partition coefficient (Wildman–Crippen LogP) is 3.53. The molecule has 30 heavy (non-hydrogen) atoms. The molecule has 0 bridgehead atoms. The maximum atomic E-state index is 13.1. The van der Waals surface area contributed by atoms with Crippen LogP contribution in [0, 0.1) is 11.2 Å². The number of β-lactam (4-membered cyclic amide) rings is 1. The fourth-order valence-corrected chi connectivity index (χ4v) is 3.49. The summed E-state index contributed by atoms with van der Waals surface area (Å²) in [6.07, 6.45) is 1.53. The zero-order chi connectivity index (χ0) is 21.7. The van der Waals surface area contributed by atoms with E-state index in [2.05, 4.69) is 10.5 Å². The van der Waals surface area contributed by atoms with E-state index in [1.54, 1.807) is 4.90 Å². The lowest BCUT2D eigenvalue weighted by molar-refractivity contribution is -0.163. The zero-order valence-corrected chi connectivity index (χ0v) is 17.5. The largest absolute Gasteiger partial charge is 0.390 e. The van der Waals surface area contributed by atoms with E-state index in [4.69, 9.17) is 16.4 Å². The highest BCUT2D eigenvalue weighted by Crippen LogP contribution is 2.33. The molecule has 0 aromatic heterocycles. The first-order chi connectivity index (χ1) is 14.3. The van der Waals surface area contributed by atoms with Crippen LogP contribution in [-0.4, -0.2) is 35.6 Å². The normalized spacial score (nSPS) is 16.3. The summed E-state index contributed by atoms with van der Waals surface area (Å²) in [7, 11) is 0. The second-order valence-corrected chi connectivity index (χ2v) is 8.18. The van der Waals surface area contributed by atoms with Crippen molar-refractivity contribution in [1.29, 1.82) is 0 Å². The van der Waals surface area contributed by atoms with Crippen LogP contribution in [0.2, 0.25) is 5.02 Å². The van der Waals surface area contributed by atoms with E-state index in [9.17, 15) is 14.0 Å². The molecular weight excluding hydrogens is 409 g/mol. The molecule has 0 spiro atoms. The first kappa shape index (κ1) is 21.8. The molecule has 158 valence electrons. The SMILES string of the molecule is CC1(C)CN(C(Cc2ccccc2)C(=O)NC=NOCc2ccc(F)cc2Cl)C1=O. The van der Waals surface area contributed by atoms with Crippen molar-refractivity contribution in [2.24, 2.45) is 10.6 Å². The molecule has 1 atom stereocenters. The number of carbonyl (C=O) groups excluding carboxylic acids is 2. The highest BCUT2D eigenvalue weighted by Gasteiger charge is 2.48. The lowest BCUT2D eigenvalue weighted by atomic mass is 9.81. The van der Waals surface area contributed by atoms with E-state index in [0.717, 1.165) is 11.9 Å². The van der Waals surface area contributed by atoms with Crippen molar-refractivity contribution < 1.29 is 18.8 Å². The Morgan fingerprint density at radius 1 is 1.33 bits per heavy atom. The smallest absolute Gasteiger partial charge is 0.248 e. The van der Waals surface area contributed by atoms with Crippen molar-refractivity contribution in [3.63, 3.8) is 0 Å². The third-order valence-corrected chi connectivity index (χ3v) is 5.28. The number of hydrogen-bond acceptors (Lipinski definition) is 4. The van der Waals surface area contributed by atoms with Gasteiger partial charge in [0.25, 0.3) is 0 Å². The summed E-state index contributed by atoms with van der Waals surface area (Å²) in [5.74, 6) is -0.847. The van der Waals surface area contributed by atoms with Crippen molar-refractivity contribution in [2.45, 2.75) is 32.9 Å². The summed E-state index contributed by atoms with van der Waals surface area (Å²) < 4.78 is 13.1. The molecule has 6 nitrogen and oxygen atoms in total. The maximum Gasteiger partial charge on any atom is 0.248 e. The number of rotatable bonds is 8. The van der Waals surface area contributed by atoms with Gasteiger partial charge in [-0.2, -0.15) is 0 Å². The third-order valence-electron chi connectivity index (χ3n) is 4.93. The van der Waals surface area contributed by atoms with Gasteiger partial charge in [0.1, 0.15) is 24.8 Å². The van der Waals surface area contributed by atoms with Gasteiger partial charge in [-0.3, -0.25) is 9.59 Å². The monoisotopic (exact) mass is 431 g/mol. The average Bonchev–Trinajstić information content (AvgIpc) is 2.72. The molecule has 1 aliphatic heterocycles. The second kappa shape index (κ2) is 9.26. The summed E-state index contributed by atoms with van der Waals surface area (Å²) in [6.45, 7) is 4.25. The van der Waals surface area contributed by atoms with Crippen molar-refractivity contribution >= 4 is 29.8 Å². The Morgan fingerprint density at radius 3 is 2.70 bits per heavy atom. The van der Waals surface area contributed by atoms with E-state index in [1.807, 2.05) is 44.2 Å². The Kier molecular flexibility index (Phi) is 6.72. The first-order valence-corrected chi connectivity index (χ1v) is 9.89. The van der Waals surface area contributed by atoms with Gasteiger partial charge in [0.15, 0.2) is 0 Å². The number of nitrogens with one attached hydrogen (secondary N) is 1. The molecule has 1 fully saturated rings. The molecule has 1 unspecified atom stereocenters. The second-order valence-electron chi connectivity index (χ2n) is 7.77. The molecule has 3 rings (SSSR count). The van der Waals surface area contributed by atoms with Gasteiger partial charge < -0.3 is 15.1 Å². The van der Waals surface area contributed by atoms with Crippen LogP contribution in [0.25, 0.3) is 0 Å². The summed E-state index contributed by atoms with van der Waals surface area (Å²) in [4.78, 5) is 31.9. The van der Waals surface area contributed by atoms with Crippen molar-refractivity contribution in [3.8, 4) is 0 Å². The molecule has 1 saturated heterocycles.